The first-order valence-corrected chi connectivity index (χ1v) is 11.5. The lowest BCUT2D eigenvalue weighted by molar-refractivity contribution is -0.131. The fourth-order valence-electron chi connectivity index (χ4n) is 5.26. The minimum absolute atomic E-state index is 0.0258. The van der Waals surface area contributed by atoms with Gasteiger partial charge in [0, 0.05) is 36.1 Å². The van der Waals surface area contributed by atoms with Crippen LogP contribution in [0.4, 0.5) is 5.69 Å². The average molecular weight is 444 g/mol. The van der Waals surface area contributed by atoms with Crippen LogP contribution in [0.25, 0.3) is 5.69 Å². The van der Waals surface area contributed by atoms with Gasteiger partial charge in [-0.2, -0.15) is 5.10 Å². The summed E-state index contributed by atoms with van der Waals surface area (Å²) in [6, 6.07) is 17.5. The molecule has 0 saturated carbocycles. The number of amides is 2. The summed E-state index contributed by atoms with van der Waals surface area (Å²) in [5.41, 5.74) is 5.72. The van der Waals surface area contributed by atoms with Crippen molar-refractivity contribution in [3.63, 3.8) is 0 Å². The number of hydrogen-bond acceptors (Lipinski definition) is 4. The number of nitrogens with zero attached hydrogens (tertiary/aromatic N) is 4. The van der Waals surface area contributed by atoms with Crippen LogP contribution in [-0.4, -0.2) is 52.2 Å². The van der Waals surface area contributed by atoms with E-state index in [9.17, 15) is 9.59 Å². The van der Waals surface area contributed by atoms with Gasteiger partial charge >= 0.3 is 0 Å². The van der Waals surface area contributed by atoms with Gasteiger partial charge in [0.25, 0.3) is 0 Å². The fourth-order valence-corrected chi connectivity index (χ4v) is 5.26. The molecular formula is C26H29N5O2. The number of aryl methyl sites for hydroxylation is 1. The van der Waals surface area contributed by atoms with Crippen molar-refractivity contribution in [3.05, 3.63) is 77.1 Å². The predicted molar refractivity (Wildman–Crippen MR) is 127 cm³/mol. The third-order valence-electron chi connectivity index (χ3n) is 6.75. The van der Waals surface area contributed by atoms with Gasteiger partial charge in [0.05, 0.1) is 17.9 Å². The van der Waals surface area contributed by atoms with Crippen LogP contribution in [0, 0.1) is 13.8 Å². The van der Waals surface area contributed by atoms with Gasteiger partial charge in [0.1, 0.15) is 6.04 Å². The first kappa shape index (κ1) is 21.4. The summed E-state index contributed by atoms with van der Waals surface area (Å²) in [6.07, 6.45) is 0.855. The van der Waals surface area contributed by atoms with Crippen molar-refractivity contribution in [1.29, 1.82) is 0 Å². The van der Waals surface area contributed by atoms with Crippen LogP contribution in [0.1, 0.15) is 35.5 Å². The van der Waals surface area contributed by atoms with Gasteiger partial charge in [-0.05, 0) is 51.0 Å². The van der Waals surface area contributed by atoms with Crippen molar-refractivity contribution in [2.75, 3.05) is 24.5 Å². The molecule has 2 amide bonds. The smallest absolute Gasteiger partial charge is 0.242 e. The topological polar surface area (TPSA) is 70.5 Å². The van der Waals surface area contributed by atoms with E-state index in [1.54, 1.807) is 0 Å². The van der Waals surface area contributed by atoms with E-state index in [1.807, 2.05) is 76.9 Å². The van der Waals surface area contributed by atoms with Gasteiger partial charge in [0.2, 0.25) is 11.8 Å². The summed E-state index contributed by atoms with van der Waals surface area (Å²) in [6.45, 7) is 7.33. The minimum Gasteiger partial charge on any atom is -0.353 e. The number of rotatable bonds is 4. The molecule has 0 spiro atoms. The predicted octanol–water partition coefficient (Wildman–Crippen LogP) is 2.94. The zero-order chi connectivity index (χ0) is 23.1. The number of benzene rings is 2. The second-order valence-corrected chi connectivity index (χ2v) is 8.94. The summed E-state index contributed by atoms with van der Waals surface area (Å²) >= 11 is 0. The second kappa shape index (κ2) is 8.48. The number of piperazine rings is 1. The molecule has 3 heterocycles. The van der Waals surface area contributed by atoms with Gasteiger partial charge in [0.15, 0.2) is 0 Å². The molecule has 1 fully saturated rings. The highest BCUT2D eigenvalue weighted by atomic mass is 16.2. The molecule has 0 radical (unpaired) electrons. The van der Waals surface area contributed by atoms with E-state index >= 15 is 0 Å². The lowest BCUT2D eigenvalue weighted by Crippen LogP contribution is -2.53. The SMILES string of the molecule is Cc1nn(-c2ccccc2)c(C)c1[C@H]1C(=O)NCCN1CC(=O)N1c2ccccc2C[C@@H]1C. The van der Waals surface area contributed by atoms with Crippen molar-refractivity contribution in [2.24, 2.45) is 0 Å². The summed E-state index contributed by atoms with van der Waals surface area (Å²) in [5, 5.41) is 7.73. The Kier molecular flexibility index (Phi) is 5.50. The number of anilines is 1. The fraction of sp³-hybridized carbons (Fsp3) is 0.346. The number of carbonyl (C=O) groups excluding carboxylic acids is 2. The van der Waals surface area contributed by atoms with E-state index in [4.69, 9.17) is 5.10 Å². The van der Waals surface area contributed by atoms with Crippen LogP contribution >= 0.6 is 0 Å². The Labute approximate surface area is 194 Å². The number of carbonyl (C=O) groups is 2. The maximum Gasteiger partial charge on any atom is 0.242 e. The normalized spacial score (nSPS) is 20.6. The lowest BCUT2D eigenvalue weighted by atomic mass is 10.00. The van der Waals surface area contributed by atoms with E-state index in [0.29, 0.717) is 13.1 Å². The van der Waals surface area contributed by atoms with E-state index in [0.717, 1.165) is 34.7 Å². The number of nitrogens with one attached hydrogen (secondary N) is 1. The molecule has 7 nitrogen and oxygen atoms in total. The summed E-state index contributed by atoms with van der Waals surface area (Å²) < 4.78 is 1.88. The molecule has 2 aliphatic heterocycles. The van der Waals surface area contributed by atoms with E-state index < -0.39 is 6.04 Å². The molecule has 5 rings (SSSR count). The number of fused-ring (bicyclic) bond motifs is 1. The number of para-hydroxylation sites is 2. The second-order valence-electron chi connectivity index (χ2n) is 8.94. The van der Waals surface area contributed by atoms with E-state index in [-0.39, 0.29) is 24.4 Å². The average Bonchev–Trinajstić information content (AvgIpc) is 3.30. The van der Waals surface area contributed by atoms with Crippen molar-refractivity contribution in [1.82, 2.24) is 20.0 Å². The molecule has 0 aliphatic carbocycles. The first-order chi connectivity index (χ1) is 16.0. The highest BCUT2D eigenvalue weighted by molar-refractivity contribution is 5.98. The summed E-state index contributed by atoms with van der Waals surface area (Å²) in [7, 11) is 0. The number of hydrogen-bond donors (Lipinski definition) is 1. The van der Waals surface area contributed by atoms with Gasteiger partial charge in [-0.1, -0.05) is 36.4 Å². The van der Waals surface area contributed by atoms with Gasteiger partial charge in [-0.3, -0.25) is 14.5 Å². The molecular weight excluding hydrogens is 414 g/mol. The van der Waals surface area contributed by atoms with Crippen LogP contribution in [-0.2, 0) is 16.0 Å². The van der Waals surface area contributed by atoms with Crippen molar-refractivity contribution < 1.29 is 9.59 Å². The molecule has 33 heavy (non-hydrogen) atoms. The molecule has 2 aliphatic rings. The summed E-state index contributed by atoms with van der Waals surface area (Å²) in [4.78, 5) is 30.5. The zero-order valence-corrected chi connectivity index (χ0v) is 19.3. The largest absolute Gasteiger partial charge is 0.353 e. The quantitative estimate of drug-likeness (QED) is 0.673. The first-order valence-electron chi connectivity index (χ1n) is 11.5. The van der Waals surface area contributed by atoms with Crippen LogP contribution < -0.4 is 10.2 Å². The molecule has 2 atom stereocenters. The Hall–Kier alpha value is -3.45. The molecule has 0 bridgehead atoms. The van der Waals surface area contributed by atoms with Gasteiger partial charge in [-0.15, -0.1) is 0 Å². The van der Waals surface area contributed by atoms with Crippen LogP contribution in [0.5, 0.6) is 0 Å². The third kappa shape index (κ3) is 3.72. The van der Waals surface area contributed by atoms with Crippen molar-refractivity contribution in [2.45, 2.75) is 39.3 Å². The Morgan fingerprint density at radius 2 is 1.82 bits per heavy atom. The van der Waals surface area contributed by atoms with Crippen molar-refractivity contribution >= 4 is 17.5 Å². The molecule has 7 heteroatoms. The monoisotopic (exact) mass is 443 g/mol. The molecule has 1 N–H and O–H groups in total. The van der Waals surface area contributed by atoms with Crippen LogP contribution in [0.2, 0.25) is 0 Å². The van der Waals surface area contributed by atoms with E-state index in [2.05, 4.69) is 18.3 Å². The highest BCUT2D eigenvalue weighted by Crippen LogP contribution is 2.34. The molecule has 0 unspecified atom stereocenters. The van der Waals surface area contributed by atoms with Crippen LogP contribution in [0.3, 0.4) is 0 Å². The van der Waals surface area contributed by atoms with Gasteiger partial charge in [-0.25, -0.2) is 4.68 Å². The van der Waals surface area contributed by atoms with Gasteiger partial charge < -0.3 is 10.2 Å². The highest BCUT2D eigenvalue weighted by Gasteiger charge is 2.38. The maximum atomic E-state index is 13.5. The van der Waals surface area contributed by atoms with Crippen LogP contribution in [0.15, 0.2) is 54.6 Å². The lowest BCUT2D eigenvalue weighted by Gasteiger charge is -2.36. The molecule has 1 saturated heterocycles. The Morgan fingerprint density at radius 1 is 1.09 bits per heavy atom. The Morgan fingerprint density at radius 3 is 2.61 bits per heavy atom. The molecule has 2 aromatic carbocycles. The zero-order valence-electron chi connectivity index (χ0n) is 19.3. The van der Waals surface area contributed by atoms with E-state index in [1.165, 1.54) is 5.56 Å². The molecule has 1 aromatic heterocycles. The number of aromatic nitrogens is 2. The summed E-state index contributed by atoms with van der Waals surface area (Å²) in [5.74, 6) is -0.0550. The Bertz CT molecular complexity index is 1200. The van der Waals surface area contributed by atoms with Crippen molar-refractivity contribution in [3.8, 4) is 5.69 Å². The maximum absolute atomic E-state index is 13.5. The third-order valence-corrected chi connectivity index (χ3v) is 6.75. The standard InChI is InChI=1S/C26H29N5O2/c1-17-15-20-9-7-8-12-22(20)30(17)23(32)16-29-14-13-27-26(33)25(29)24-18(2)28-31(19(24)3)21-10-5-4-6-11-21/h4-12,17,25H,13-16H2,1-3H3,(H,27,33)/t17-,25-/m0/s1. The molecule has 170 valence electrons. The minimum atomic E-state index is -0.548. The Balaban J connectivity index is 1.46. The molecule has 3 aromatic rings.